The Hall–Kier alpha value is -3.15. The summed E-state index contributed by atoms with van der Waals surface area (Å²) in [6, 6.07) is 16.6. The Morgan fingerprint density at radius 3 is 2.62 bits per heavy atom. The van der Waals surface area contributed by atoms with E-state index in [4.69, 9.17) is 4.74 Å². The van der Waals surface area contributed by atoms with Gasteiger partial charge in [-0.3, -0.25) is 9.59 Å². The number of hydrogen-bond acceptors (Lipinski definition) is 4. The van der Waals surface area contributed by atoms with Gasteiger partial charge in [0.15, 0.2) is 0 Å². The van der Waals surface area contributed by atoms with E-state index in [0.29, 0.717) is 12.4 Å². The lowest BCUT2D eigenvalue weighted by Gasteiger charge is -2.04. The van der Waals surface area contributed by atoms with Gasteiger partial charge in [-0.2, -0.15) is 5.10 Å². The summed E-state index contributed by atoms with van der Waals surface area (Å²) in [5.74, 6) is -0.837. The molecule has 0 heterocycles. The molecule has 0 fully saturated rings. The van der Waals surface area contributed by atoms with Crippen molar-refractivity contribution in [2.24, 2.45) is 5.10 Å². The van der Waals surface area contributed by atoms with Crippen molar-refractivity contribution < 1.29 is 14.3 Å². The van der Waals surface area contributed by atoms with Crippen LogP contribution in [0.15, 0.2) is 59.7 Å². The lowest BCUT2D eigenvalue weighted by atomic mass is 10.2. The molecule has 0 bridgehead atoms. The van der Waals surface area contributed by atoms with Crippen LogP contribution < -0.4 is 15.5 Å². The van der Waals surface area contributed by atoms with Crippen molar-refractivity contribution in [3.8, 4) is 5.75 Å². The Morgan fingerprint density at radius 1 is 1.08 bits per heavy atom. The number of nitrogens with one attached hydrogen (secondary N) is 2. The van der Waals surface area contributed by atoms with Gasteiger partial charge in [0.2, 0.25) is 0 Å². The SMILES string of the molecule is CCOc1cccc(/C=N\NC(=O)C(=O)NCc2ccccc2)c1. The lowest BCUT2D eigenvalue weighted by molar-refractivity contribution is -0.139. The van der Waals surface area contributed by atoms with Gasteiger partial charge in [-0.25, -0.2) is 5.43 Å². The maximum atomic E-state index is 11.7. The Kier molecular flexibility index (Phi) is 6.52. The molecule has 0 spiro atoms. The molecule has 0 aliphatic carbocycles. The number of hydrogen-bond donors (Lipinski definition) is 2. The Labute approximate surface area is 140 Å². The average Bonchev–Trinajstić information content (AvgIpc) is 2.61. The van der Waals surface area contributed by atoms with Crippen molar-refractivity contribution in [1.29, 1.82) is 0 Å². The van der Waals surface area contributed by atoms with Crippen LogP contribution in [0.4, 0.5) is 0 Å². The molecule has 2 N–H and O–H groups in total. The maximum absolute atomic E-state index is 11.7. The highest BCUT2D eigenvalue weighted by molar-refractivity contribution is 6.35. The van der Waals surface area contributed by atoms with Crippen LogP contribution in [0.25, 0.3) is 0 Å². The van der Waals surface area contributed by atoms with Crippen LogP contribution in [0, 0.1) is 0 Å². The van der Waals surface area contributed by atoms with Gasteiger partial charge in [-0.1, -0.05) is 42.5 Å². The van der Waals surface area contributed by atoms with Gasteiger partial charge in [-0.05, 0) is 30.2 Å². The molecule has 0 atom stereocenters. The van der Waals surface area contributed by atoms with Crippen molar-refractivity contribution in [2.45, 2.75) is 13.5 Å². The first-order valence-electron chi connectivity index (χ1n) is 7.57. The number of benzene rings is 2. The fraction of sp³-hybridized carbons (Fsp3) is 0.167. The quantitative estimate of drug-likeness (QED) is 0.483. The molecule has 0 aromatic heterocycles. The zero-order valence-corrected chi connectivity index (χ0v) is 13.4. The highest BCUT2D eigenvalue weighted by Crippen LogP contribution is 2.11. The fourth-order valence-electron chi connectivity index (χ4n) is 1.93. The van der Waals surface area contributed by atoms with Crippen molar-refractivity contribution in [3.05, 3.63) is 65.7 Å². The third-order valence-electron chi connectivity index (χ3n) is 3.05. The van der Waals surface area contributed by atoms with E-state index in [1.807, 2.05) is 55.5 Å². The Morgan fingerprint density at radius 2 is 1.88 bits per heavy atom. The molecule has 2 aromatic carbocycles. The zero-order chi connectivity index (χ0) is 17.2. The number of ether oxygens (including phenoxy) is 1. The molecule has 24 heavy (non-hydrogen) atoms. The number of nitrogens with zero attached hydrogens (tertiary/aromatic N) is 1. The van der Waals surface area contributed by atoms with Crippen LogP contribution >= 0.6 is 0 Å². The monoisotopic (exact) mass is 325 g/mol. The van der Waals surface area contributed by atoms with Gasteiger partial charge in [0.25, 0.3) is 0 Å². The summed E-state index contributed by atoms with van der Waals surface area (Å²) in [6.07, 6.45) is 1.45. The van der Waals surface area contributed by atoms with E-state index in [-0.39, 0.29) is 6.54 Å². The summed E-state index contributed by atoms with van der Waals surface area (Å²) in [4.78, 5) is 23.3. The smallest absolute Gasteiger partial charge is 0.329 e. The minimum Gasteiger partial charge on any atom is -0.494 e. The number of amides is 2. The molecular formula is C18H19N3O3. The van der Waals surface area contributed by atoms with Crippen molar-refractivity contribution in [2.75, 3.05) is 6.61 Å². The Balaban J connectivity index is 1.81. The molecule has 0 unspecified atom stereocenters. The van der Waals surface area contributed by atoms with E-state index in [2.05, 4.69) is 15.8 Å². The molecule has 124 valence electrons. The first-order valence-corrected chi connectivity index (χ1v) is 7.57. The van der Waals surface area contributed by atoms with Crippen molar-refractivity contribution >= 4 is 18.0 Å². The molecule has 2 amide bonds. The van der Waals surface area contributed by atoms with Crippen molar-refractivity contribution in [1.82, 2.24) is 10.7 Å². The first kappa shape index (κ1) is 17.2. The summed E-state index contributed by atoms with van der Waals surface area (Å²) >= 11 is 0. The first-order chi connectivity index (χ1) is 11.7. The molecule has 0 saturated carbocycles. The van der Waals surface area contributed by atoms with E-state index >= 15 is 0 Å². The molecule has 0 aliphatic rings. The number of hydrazone groups is 1. The molecule has 6 nitrogen and oxygen atoms in total. The predicted octanol–water partition coefficient (Wildman–Crippen LogP) is 1.85. The van der Waals surface area contributed by atoms with E-state index in [1.54, 1.807) is 6.07 Å². The van der Waals surface area contributed by atoms with Crippen LogP contribution in [0.5, 0.6) is 5.75 Å². The van der Waals surface area contributed by atoms with Crippen LogP contribution in [-0.2, 0) is 16.1 Å². The highest BCUT2D eigenvalue weighted by Gasteiger charge is 2.11. The van der Waals surface area contributed by atoms with E-state index < -0.39 is 11.8 Å². The van der Waals surface area contributed by atoms with Crippen LogP contribution in [0.1, 0.15) is 18.1 Å². The van der Waals surface area contributed by atoms with Gasteiger partial charge < -0.3 is 10.1 Å². The topological polar surface area (TPSA) is 79.8 Å². The van der Waals surface area contributed by atoms with E-state index in [1.165, 1.54) is 6.21 Å². The normalized spacial score (nSPS) is 10.4. The molecule has 2 aromatic rings. The van der Waals surface area contributed by atoms with Crippen molar-refractivity contribution in [3.63, 3.8) is 0 Å². The molecule has 0 aliphatic heterocycles. The molecule has 2 rings (SSSR count). The summed E-state index contributed by atoms with van der Waals surface area (Å²) in [6.45, 7) is 2.75. The Bertz CT molecular complexity index is 714. The molecule has 0 radical (unpaired) electrons. The predicted molar refractivity (Wildman–Crippen MR) is 91.6 cm³/mol. The summed E-state index contributed by atoms with van der Waals surface area (Å²) < 4.78 is 5.37. The summed E-state index contributed by atoms with van der Waals surface area (Å²) in [7, 11) is 0. The number of rotatable bonds is 6. The van der Waals surface area contributed by atoms with Gasteiger partial charge in [0.05, 0.1) is 12.8 Å². The minimum absolute atomic E-state index is 0.285. The number of carbonyl (C=O) groups excluding carboxylic acids is 2. The van der Waals surface area contributed by atoms with Crippen LogP contribution in [0.3, 0.4) is 0 Å². The second-order valence-electron chi connectivity index (χ2n) is 4.87. The minimum atomic E-state index is -0.817. The van der Waals surface area contributed by atoms with Gasteiger partial charge >= 0.3 is 11.8 Å². The second-order valence-corrected chi connectivity index (χ2v) is 4.87. The second kappa shape index (κ2) is 9.09. The third kappa shape index (κ3) is 5.57. The summed E-state index contributed by atoms with van der Waals surface area (Å²) in [5.41, 5.74) is 3.86. The fourth-order valence-corrected chi connectivity index (χ4v) is 1.93. The highest BCUT2D eigenvalue weighted by atomic mass is 16.5. The van der Waals surface area contributed by atoms with Gasteiger partial charge in [-0.15, -0.1) is 0 Å². The third-order valence-corrected chi connectivity index (χ3v) is 3.05. The molecule has 6 heteroatoms. The largest absolute Gasteiger partial charge is 0.494 e. The average molecular weight is 325 g/mol. The lowest BCUT2D eigenvalue weighted by Crippen LogP contribution is -2.37. The van der Waals surface area contributed by atoms with Gasteiger partial charge in [0, 0.05) is 6.54 Å². The zero-order valence-electron chi connectivity index (χ0n) is 13.4. The maximum Gasteiger partial charge on any atom is 0.329 e. The molecule has 0 saturated heterocycles. The van der Waals surface area contributed by atoms with Crippen LogP contribution in [0.2, 0.25) is 0 Å². The standard InChI is InChI=1S/C18H19N3O3/c1-2-24-16-10-6-9-15(11-16)13-20-21-18(23)17(22)19-12-14-7-4-3-5-8-14/h3-11,13H,2,12H2,1H3,(H,19,22)(H,21,23)/b20-13-. The van der Waals surface area contributed by atoms with E-state index in [0.717, 1.165) is 11.1 Å². The van der Waals surface area contributed by atoms with Crippen LogP contribution in [-0.4, -0.2) is 24.6 Å². The number of carbonyl (C=O) groups is 2. The van der Waals surface area contributed by atoms with E-state index in [9.17, 15) is 9.59 Å². The summed E-state index contributed by atoms with van der Waals surface area (Å²) in [5, 5.41) is 6.31. The van der Waals surface area contributed by atoms with Gasteiger partial charge in [0.1, 0.15) is 5.75 Å². The molecular weight excluding hydrogens is 306 g/mol.